The lowest BCUT2D eigenvalue weighted by Gasteiger charge is -2.12. The molecule has 0 atom stereocenters. The molecule has 0 radical (unpaired) electrons. The third-order valence-electron chi connectivity index (χ3n) is 4.02. The summed E-state index contributed by atoms with van der Waals surface area (Å²) >= 11 is 7.68. The van der Waals surface area contributed by atoms with Gasteiger partial charge in [0.2, 0.25) is 0 Å². The van der Waals surface area contributed by atoms with Gasteiger partial charge in [-0.15, -0.1) is 11.3 Å². The van der Waals surface area contributed by atoms with Crippen LogP contribution in [0, 0.1) is 13.8 Å². The summed E-state index contributed by atoms with van der Waals surface area (Å²) in [6.45, 7) is 4.21. The molecule has 0 fully saturated rings. The fourth-order valence-electron chi connectivity index (χ4n) is 2.44. The minimum atomic E-state index is 0.500. The van der Waals surface area contributed by atoms with Gasteiger partial charge >= 0.3 is 0 Å². The van der Waals surface area contributed by atoms with Gasteiger partial charge in [0, 0.05) is 23.1 Å². The molecule has 0 aliphatic rings. The minimum absolute atomic E-state index is 0.500. The van der Waals surface area contributed by atoms with Crippen molar-refractivity contribution in [2.75, 3.05) is 19.5 Å². The zero-order valence-corrected chi connectivity index (χ0v) is 16.1. The zero-order chi connectivity index (χ0) is 18.0. The number of ether oxygens (including phenoxy) is 2. The largest absolute Gasteiger partial charge is 0.495 e. The van der Waals surface area contributed by atoms with E-state index in [0.717, 1.165) is 22.1 Å². The van der Waals surface area contributed by atoms with Gasteiger partial charge in [-0.1, -0.05) is 23.7 Å². The molecule has 4 nitrogen and oxygen atoms in total. The van der Waals surface area contributed by atoms with E-state index in [1.807, 2.05) is 5.38 Å². The van der Waals surface area contributed by atoms with Gasteiger partial charge in [-0.05, 0) is 31.0 Å². The van der Waals surface area contributed by atoms with E-state index in [9.17, 15) is 0 Å². The molecule has 1 aromatic heterocycles. The van der Waals surface area contributed by atoms with E-state index in [0.29, 0.717) is 16.5 Å². The van der Waals surface area contributed by atoms with Gasteiger partial charge < -0.3 is 14.8 Å². The zero-order valence-electron chi connectivity index (χ0n) is 14.5. The molecule has 0 spiro atoms. The number of benzene rings is 2. The summed E-state index contributed by atoms with van der Waals surface area (Å²) in [5.74, 6) is 1.21. The molecule has 0 bridgehead atoms. The highest BCUT2D eigenvalue weighted by Crippen LogP contribution is 2.38. The molecule has 0 aliphatic carbocycles. The van der Waals surface area contributed by atoms with E-state index in [1.54, 1.807) is 26.4 Å². The Balaban J connectivity index is 1.90. The molecule has 1 heterocycles. The van der Waals surface area contributed by atoms with Crippen molar-refractivity contribution in [2.24, 2.45) is 0 Å². The minimum Gasteiger partial charge on any atom is -0.495 e. The maximum atomic E-state index is 6.15. The lowest BCUT2D eigenvalue weighted by molar-refractivity contribution is 0.405. The molecule has 25 heavy (non-hydrogen) atoms. The number of aryl methyl sites for hydroxylation is 2. The van der Waals surface area contributed by atoms with Gasteiger partial charge in [-0.25, -0.2) is 4.98 Å². The summed E-state index contributed by atoms with van der Waals surface area (Å²) in [5.41, 5.74) is 5.33. The molecule has 0 amide bonds. The summed E-state index contributed by atoms with van der Waals surface area (Å²) < 4.78 is 10.7. The van der Waals surface area contributed by atoms with Gasteiger partial charge in [-0.3, -0.25) is 0 Å². The van der Waals surface area contributed by atoms with Crippen LogP contribution in [0.4, 0.5) is 10.8 Å². The topological polar surface area (TPSA) is 43.4 Å². The first-order valence-electron chi connectivity index (χ1n) is 7.73. The number of hydrogen-bond acceptors (Lipinski definition) is 5. The van der Waals surface area contributed by atoms with Crippen LogP contribution < -0.4 is 14.8 Å². The van der Waals surface area contributed by atoms with Crippen molar-refractivity contribution >= 4 is 33.8 Å². The summed E-state index contributed by atoms with van der Waals surface area (Å²) in [6, 6.07) is 9.89. The number of nitrogens with zero attached hydrogens (tertiary/aromatic N) is 1. The molecular formula is C19H19ClN2O2S. The van der Waals surface area contributed by atoms with E-state index in [2.05, 4.69) is 42.3 Å². The van der Waals surface area contributed by atoms with Gasteiger partial charge in [-0.2, -0.15) is 0 Å². The van der Waals surface area contributed by atoms with Crippen LogP contribution in [0.15, 0.2) is 35.7 Å². The molecule has 0 saturated carbocycles. The quantitative estimate of drug-likeness (QED) is 0.609. The number of thiazole rings is 1. The first kappa shape index (κ1) is 17.6. The fraction of sp³-hybridized carbons (Fsp3) is 0.211. The number of hydrogen-bond donors (Lipinski definition) is 1. The Labute approximate surface area is 156 Å². The van der Waals surface area contributed by atoms with Crippen molar-refractivity contribution < 1.29 is 9.47 Å². The van der Waals surface area contributed by atoms with Gasteiger partial charge in [0.1, 0.15) is 11.5 Å². The van der Waals surface area contributed by atoms with Crippen molar-refractivity contribution in [1.29, 1.82) is 0 Å². The number of halogens is 1. The number of nitrogens with one attached hydrogen (secondary N) is 1. The van der Waals surface area contributed by atoms with E-state index < -0.39 is 0 Å². The van der Waals surface area contributed by atoms with Crippen molar-refractivity contribution in [3.05, 3.63) is 51.9 Å². The molecule has 130 valence electrons. The standard InChI is InChI=1S/C19H19ClN2O2S/c1-11-5-6-13(7-12(11)2)16-10-25-19(22-16)21-15-9-17(23-3)14(20)8-18(15)24-4/h5-10H,1-4H3,(H,21,22). The summed E-state index contributed by atoms with van der Waals surface area (Å²) in [5, 5.41) is 6.59. The third-order valence-corrected chi connectivity index (χ3v) is 5.08. The number of anilines is 2. The van der Waals surface area contributed by atoms with Crippen molar-refractivity contribution in [3.8, 4) is 22.8 Å². The predicted octanol–water partition coefficient (Wildman–Crippen LogP) is 5.84. The van der Waals surface area contributed by atoms with Crippen LogP contribution in [-0.2, 0) is 0 Å². The molecule has 2 aromatic carbocycles. The SMILES string of the molecule is COc1cc(Nc2nc(-c3ccc(C)c(C)c3)cs2)c(OC)cc1Cl. The lowest BCUT2D eigenvalue weighted by atomic mass is 10.1. The van der Waals surface area contributed by atoms with Crippen molar-refractivity contribution in [2.45, 2.75) is 13.8 Å². The average Bonchev–Trinajstić information content (AvgIpc) is 3.07. The van der Waals surface area contributed by atoms with Gasteiger partial charge in [0.05, 0.1) is 30.6 Å². The Bertz CT molecular complexity index is 908. The summed E-state index contributed by atoms with van der Waals surface area (Å²) in [6.07, 6.45) is 0. The Morgan fingerprint density at radius 2 is 1.76 bits per heavy atom. The highest BCUT2D eigenvalue weighted by atomic mass is 35.5. The van der Waals surface area contributed by atoms with E-state index in [4.69, 9.17) is 21.1 Å². The second-order valence-electron chi connectivity index (χ2n) is 5.65. The Morgan fingerprint density at radius 1 is 1.00 bits per heavy atom. The van der Waals surface area contributed by atoms with Crippen LogP contribution in [-0.4, -0.2) is 19.2 Å². The molecule has 6 heteroatoms. The number of aromatic nitrogens is 1. The summed E-state index contributed by atoms with van der Waals surface area (Å²) in [7, 11) is 3.18. The second kappa shape index (κ2) is 7.33. The Kier molecular flexibility index (Phi) is 5.16. The second-order valence-corrected chi connectivity index (χ2v) is 6.91. The van der Waals surface area contributed by atoms with Crippen LogP contribution >= 0.6 is 22.9 Å². The van der Waals surface area contributed by atoms with Crippen LogP contribution in [0.3, 0.4) is 0 Å². The highest BCUT2D eigenvalue weighted by Gasteiger charge is 2.12. The number of methoxy groups -OCH3 is 2. The van der Waals surface area contributed by atoms with Crippen LogP contribution in [0.25, 0.3) is 11.3 Å². The first-order chi connectivity index (χ1) is 12.0. The lowest BCUT2D eigenvalue weighted by Crippen LogP contribution is -1.96. The Morgan fingerprint density at radius 3 is 2.44 bits per heavy atom. The predicted molar refractivity (Wildman–Crippen MR) is 105 cm³/mol. The molecule has 3 aromatic rings. The van der Waals surface area contributed by atoms with Crippen LogP contribution in [0.2, 0.25) is 5.02 Å². The normalized spacial score (nSPS) is 10.6. The molecule has 3 rings (SSSR count). The third kappa shape index (κ3) is 3.72. The van der Waals surface area contributed by atoms with E-state index in [1.165, 1.54) is 22.5 Å². The molecule has 1 N–H and O–H groups in total. The summed E-state index contributed by atoms with van der Waals surface area (Å²) in [4.78, 5) is 4.68. The Hall–Kier alpha value is -2.24. The van der Waals surface area contributed by atoms with E-state index in [-0.39, 0.29) is 0 Å². The molecule has 0 aliphatic heterocycles. The van der Waals surface area contributed by atoms with Crippen molar-refractivity contribution in [3.63, 3.8) is 0 Å². The molecular weight excluding hydrogens is 356 g/mol. The van der Waals surface area contributed by atoms with Gasteiger partial charge in [0.25, 0.3) is 0 Å². The van der Waals surface area contributed by atoms with E-state index >= 15 is 0 Å². The molecule has 0 unspecified atom stereocenters. The van der Waals surface area contributed by atoms with Crippen LogP contribution in [0.5, 0.6) is 11.5 Å². The maximum Gasteiger partial charge on any atom is 0.187 e. The highest BCUT2D eigenvalue weighted by molar-refractivity contribution is 7.14. The monoisotopic (exact) mass is 374 g/mol. The fourth-order valence-corrected chi connectivity index (χ4v) is 3.40. The molecule has 0 saturated heterocycles. The smallest absolute Gasteiger partial charge is 0.187 e. The average molecular weight is 375 g/mol. The number of rotatable bonds is 5. The van der Waals surface area contributed by atoms with Crippen molar-refractivity contribution in [1.82, 2.24) is 4.98 Å². The first-order valence-corrected chi connectivity index (χ1v) is 8.99. The van der Waals surface area contributed by atoms with Crippen LogP contribution in [0.1, 0.15) is 11.1 Å². The van der Waals surface area contributed by atoms with Gasteiger partial charge in [0.15, 0.2) is 5.13 Å². The maximum absolute atomic E-state index is 6.15.